The number of aryl methyl sites for hydroxylation is 1. The van der Waals surface area contributed by atoms with E-state index in [4.69, 9.17) is 4.42 Å². The van der Waals surface area contributed by atoms with Crippen LogP contribution in [0, 0.1) is 0 Å². The maximum atomic E-state index is 13.5. The number of carbonyl (C=O) groups excluding carboxylic acids is 1. The van der Waals surface area contributed by atoms with Gasteiger partial charge in [-0.3, -0.25) is 14.8 Å². The molecule has 0 N–H and O–H groups in total. The van der Waals surface area contributed by atoms with E-state index in [1.54, 1.807) is 12.4 Å². The van der Waals surface area contributed by atoms with Crippen LogP contribution >= 0.6 is 0 Å². The van der Waals surface area contributed by atoms with Crippen LogP contribution in [0.25, 0.3) is 22.0 Å². The van der Waals surface area contributed by atoms with Crippen molar-refractivity contribution in [2.75, 3.05) is 6.54 Å². The van der Waals surface area contributed by atoms with Gasteiger partial charge in [-0.25, -0.2) is 0 Å². The van der Waals surface area contributed by atoms with Crippen molar-refractivity contribution < 1.29 is 9.21 Å². The molecule has 0 aliphatic carbocycles. The van der Waals surface area contributed by atoms with E-state index in [0.717, 1.165) is 35.1 Å². The maximum absolute atomic E-state index is 13.5. The number of amides is 1. The summed E-state index contributed by atoms with van der Waals surface area (Å²) in [7, 11) is 0. The zero-order valence-corrected chi connectivity index (χ0v) is 17.6. The zero-order chi connectivity index (χ0) is 21.8. The highest BCUT2D eigenvalue weighted by Gasteiger charge is 2.19. The van der Waals surface area contributed by atoms with Gasteiger partial charge in [0, 0.05) is 29.9 Å². The number of hydrogen-bond acceptors (Lipinski definition) is 4. The molecule has 5 heteroatoms. The number of furan rings is 1. The lowest BCUT2D eigenvalue weighted by atomic mass is 10.1. The normalized spacial score (nSPS) is 11.1. The van der Waals surface area contributed by atoms with Crippen LogP contribution in [-0.4, -0.2) is 27.3 Å². The summed E-state index contributed by atoms with van der Waals surface area (Å²) in [6.07, 6.45) is 5.07. The number of rotatable bonds is 7. The smallest absolute Gasteiger partial charge is 0.254 e. The number of nitrogens with zero attached hydrogens (tertiary/aromatic N) is 3. The molecule has 0 bridgehead atoms. The molecule has 158 valence electrons. The van der Waals surface area contributed by atoms with E-state index in [-0.39, 0.29) is 5.91 Å². The standard InChI is InChI=1S/C27H23N3O2/c31-27(22-12-13-24-25(18-22)29-15-14-28-24)30(16-6-9-20-7-2-1-3-8-20)19-23-17-21-10-4-5-11-26(21)32-23/h1-5,7-8,10-15,17-18H,6,9,16,19H2. The second-order valence-corrected chi connectivity index (χ2v) is 7.83. The van der Waals surface area contributed by atoms with E-state index in [1.807, 2.05) is 71.6 Å². The third-order valence-corrected chi connectivity index (χ3v) is 5.56. The van der Waals surface area contributed by atoms with Gasteiger partial charge in [-0.2, -0.15) is 0 Å². The predicted octanol–water partition coefficient (Wildman–Crippen LogP) is 5.65. The molecule has 0 saturated heterocycles. The Labute approximate surface area is 186 Å². The Morgan fingerprint density at radius 3 is 2.47 bits per heavy atom. The molecule has 0 aliphatic heterocycles. The van der Waals surface area contributed by atoms with Crippen LogP contribution in [0.2, 0.25) is 0 Å². The Morgan fingerprint density at radius 1 is 0.844 bits per heavy atom. The fraction of sp³-hybridized carbons (Fsp3) is 0.148. The van der Waals surface area contributed by atoms with Crippen molar-refractivity contribution in [3.8, 4) is 0 Å². The summed E-state index contributed by atoms with van der Waals surface area (Å²) in [6.45, 7) is 1.05. The first-order chi connectivity index (χ1) is 15.8. The lowest BCUT2D eigenvalue weighted by Gasteiger charge is -2.22. The van der Waals surface area contributed by atoms with Crippen LogP contribution < -0.4 is 0 Å². The molecule has 0 atom stereocenters. The minimum Gasteiger partial charge on any atom is -0.459 e. The Balaban J connectivity index is 1.39. The first kappa shape index (κ1) is 19.9. The van der Waals surface area contributed by atoms with E-state index in [2.05, 4.69) is 22.1 Å². The van der Waals surface area contributed by atoms with Crippen molar-refractivity contribution in [2.24, 2.45) is 0 Å². The molecular weight excluding hydrogens is 398 g/mol. The van der Waals surface area contributed by atoms with E-state index in [9.17, 15) is 4.79 Å². The highest BCUT2D eigenvalue weighted by molar-refractivity contribution is 5.97. The summed E-state index contributed by atoms with van der Waals surface area (Å²) in [6, 6.07) is 25.7. The molecule has 0 radical (unpaired) electrons. The summed E-state index contributed by atoms with van der Waals surface area (Å²) >= 11 is 0. The monoisotopic (exact) mass is 421 g/mol. The fourth-order valence-electron chi connectivity index (χ4n) is 3.95. The number of aromatic nitrogens is 2. The summed E-state index contributed by atoms with van der Waals surface area (Å²) in [5.74, 6) is 0.742. The minimum absolute atomic E-state index is 0.0360. The van der Waals surface area contributed by atoms with Gasteiger partial charge in [-0.15, -0.1) is 0 Å². The van der Waals surface area contributed by atoms with Gasteiger partial charge in [-0.1, -0.05) is 48.5 Å². The molecule has 0 fully saturated rings. The highest BCUT2D eigenvalue weighted by atomic mass is 16.3. The molecule has 0 saturated carbocycles. The average Bonchev–Trinajstić information content (AvgIpc) is 3.26. The number of fused-ring (bicyclic) bond motifs is 2. The third-order valence-electron chi connectivity index (χ3n) is 5.56. The van der Waals surface area contributed by atoms with Gasteiger partial charge < -0.3 is 9.32 Å². The molecule has 0 aliphatic rings. The largest absolute Gasteiger partial charge is 0.459 e. The van der Waals surface area contributed by atoms with Gasteiger partial charge in [-0.05, 0) is 48.7 Å². The van der Waals surface area contributed by atoms with Crippen molar-refractivity contribution in [3.05, 3.63) is 108 Å². The van der Waals surface area contributed by atoms with Gasteiger partial charge in [0.2, 0.25) is 0 Å². The van der Waals surface area contributed by atoms with Crippen LogP contribution in [0.5, 0.6) is 0 Å². The van der Waals surface area contributed by atoms with E-state index in [0.29, 0.717) is 24.2 Å². The molecule has 32 heavy (non-hydrogen) atoms. The van der Waals surface area contributed by atoms with E-state index < -0.39 is 0 Å². The predicted molar refractivity (Wildman–Crippen MR) is 125 cm³/mol. The molecule has 5 nitrogen and oxygen atoms in total. The Hall–Kier alpha value is -3.99. The Bertz CT molecular complexity index is 1330. The van der Waals surface area contributed by atoms with Crippen molar-refractivity contribution in [1.29, 1.82) is 0 Å². The summed E-state index contributed by atoms with van der Waals surface area (Å²) in [4.78, 5) is 24.0. The van der Waals surface area contributed by atoms with Gasteiger partial charge in [0.05, 0.1) is 17.6 Å². The topological polar surface area (TPSA) is 59.2 Å². The van der Waals surface area contributed by atoms with Crippen LogP contribution in [-0.2, 0) is 13.0 Å². The van der Waals surface area contributed by atoms with Crippen molar-refractivity contribution >= 4 is 27.9 Å². The van der Waals surface area contributed by atoms with Gasteiger partial charge in [0.25, 0.3) is 5.91 Å². The zero-order valence-electron chi connectivity index (χ0n) is 17.6. The Morgan fingerprint density at radius 2 is 1.62 bits per heavy atom. The van der Waals surface area contributed by atoms with Crippen LogP contribution in [0.1, 0.15) is 28.1 Å². The van der Waals surface area contributed by atoms with Crippen LogP contribution in [0.4, 0.5) is 0 Å². The maximum Gasteiger partial charge on any atom is 0.254 e. The molecule has 5 aromatic rings. The average molecular weight is 422 g/mol. The van der Waals surface area contributed by atoms with Gasteiger partial charge in [0.1, 0.15) is 11.3 Å². The lowest BCUT2D eigenvalue weighted by Crippen LogP contribution is -2.31. The molecule has 5 rings (SSSR count). The molecule has 2 aromatic heterocycles. The third kappa shape index (κ3) is 4.37. The van der Waals surface area contributed by atoms with Crippen molar-refractivity contribution in [3.63, 3.8) is 0 Å². The molecule has 3 aromatic carbocycles. The summed E-state index contributed by atoms with van der Waals surface area (Å²) in [5.41, 5.74) is 4.20. The second kappa shape index (κ2) is 9.02. The first-order valence-corrected chi connectivity index (χ1v) is 10.8. The number of hydrogen-bond donors (Lipinski definition) is 0. The van der Waals surface area contributed by atoms with Crippen molar-refractivity contribution in [1.82, 2.24) is 14.9 Å². The van der Waals surface area contributed by atoms with E-state index in [1.165, 1.54) is 5.56 Å². The van der Waals surface area contributed by atoms with E-state index >= 15 is 0 Å². The quantitative estimate of drug-likeness (QED) is 0.341. The molecule has 1 amide bonds. The first-order valence-electron chi connectivity index (χ1n) is 10.8. The lowest BCUT2D eigenvalue weighted by molar-refractivity contribution is 0.0730. The molecule has 2 heterocycles. The molecule has 0 spiro atoms. The SMILES string of the molecule is O=C(c1ccc2nccnc2c1)N(CCCc1ccccc1)Cc1cc2ccccc2o1. The van der Waals surface area contributed by atoms with Gasteiger partial charge >= 0.3 is 0 Å². The number of para-hydroxylation sites is 1. The minimum atomic E-state index is -0.0360. The summed E-state index contributed by atoms with van der Waals surface area (Å²) in [5, 5.41) is 1.04. The Kier molecular flexibility index (Phi) is 5.62. The van der Waals surface area contributed by atoms with Crippen molar-refractivity contribution in [2.45, 2.75) is 19.4 Å². The van der Waals surface area contributed by atoms with Crippen LogP contribution in [0.3, 0.4) is 0 Å². The van der Waals surface area contributed by atoms with Gasteiger partial charge in [0.15, 0.2) is 0 Å². The molecule has 0 unspecified atom stereocenters. The second-order valence-electron chi connectivity index (χ2n) is 7.83. The highest BCUT2D eigenvalue weighted by Crippen LogP contribution is 2.22. The number of carbonyl (C=O) groups is 1. The fourth-order valence-corrected chi connectivity index (χ4v) is 3.95. The number of benzene rings is 3. The van der Waals surface area contributed by atoms with Crippen LogP contribution in [0.15, 0.2) is 95.7 Å². The summed E-state index contributed by atoms with van der Waals surface area (Å²) < 4.78 is 6.00. The molecular formula is C27H23N3O2.